The van der Waals surface area contributed by atoms with E-state index in [0.717, 1.165) is 24.4 Å². The number of hydrogen-bond acceptors (Lipinski definition) is 6. The van der Waals surface area contributed by atoms with Gasteiger partial charge in [-0.2, -0.15) is 5.10 Å². The number of nitrogens with zero attached hydrogens (tertiary/aromatic N) is 2. The lowest BCUT2D eigenvalue weighted by Crippen LogP contribution is -2.15. The SMILES string of the molecule is CCCNCc1ccc(Oc2ccc3c(c2)OCO3)nn1. The average molecular weight is 287 g/mol. The summed E-state index contributed by atoms with van der Waals surface area (Å²) in [6, 6.07) is 9.11. The lowest BCUT2D eigenvalue weighted by Gasteiger charge is -2.06. The van der Waals surface area contributed by atoms with Gasteiger partial charge in [0.2, 0.25) is 12.7 Å². The molecular weight excluding hydrogens is 270 g/mol. The summed E-state index contributed by atoms with van der Waals surface area (Å²) in [5.74, 6) is 2.50. The number of nitrogens with one attached hydrogen (secondary N) is 1. The first kappa shape index (κ1) is 13.6. The fraction of sp³-hybridized carbons (Fsp3) is 0.333. The predicted molar refractivity (Wildman–Crippen MR) is 76.7 cm³/mol. The minimum absolute atomic E-state index is 0.248. The van der Waals surface area contributed by atoms with Gasteiger partial charge in [-0.25, -0.2) is 0 Å². The molecule has 21 heavy (non-hydrogen) atoms. The molecule has 1 N–H and O–H groups in total. The van der Waals surface area contributed by atoms with Gasteiger partial charge >= 0.3 is 0 Å². The Hall–Kier alpha value is -2.34. The Morgan fingerprint density at radius 1 is 1.14 bits per heavy atom. The van der Waals surface area contributed by atoms with Crippen LogP contribution in [-0.2, 0) is 6.54 Å². The summed E-state index contributed by atoms with van der Waals surface area (Å²) >= 11 is 0. The fourth-order valence-corrected chi connectivity index (χ4v) is 1.95. The van der Waals surface area contributed by atoms with Crippen LogP contribution in [0.2, 0.25) is 0 Å². The Bertz CT molecular complexity index is 602. The van der Waals surface area contributed by atoms with Crippen LogP contribution in [-0.4, -0.2) is 23.5 Å². The second-order valence-corrected chi connectivity index (χ2v) is 4.66. The molecule has 1 aliphatic heterocycles. The van der Waals surface area contributed by atoms with Gasteiger partial charge in [0.05, 0.1) is 5.69 Å². The Kier molecular flexibility index (Phi) is 4.16. The molecular formula is C15H17N3O3. The molecule has 0 saturated carbocycles. The van der Waals surface area contributed by atoms with Gasteiger partial charge in [-0.3, -0.25) is 0 Å². The molecule has 6 heteroatoms. The molecule has 0 aliphatic carbocycles. The molecule has 0 bridgehead atoms. The lowest BCUT2D eigenvalue weighted by molar-refractivity contribution is 0.174. The van der Waals surface area contributed by atoms with Gasteiger partial charge < -0.3 is 19.5 Å². The molecule has 2 aromatic rings. The van der Waals surface area contributed by atoms with Crippen LogP contribution in [0.15, 0.2) is 30.3 Å². The quantitative estimate of drug-likeness (QED) is 0.823. The minimum atomic E-state index is 0.248. The molecule has 0 radical (unpaired) electrons. The summed E-state index contributed by atoms with van der Waals surface area (Å²) in [4.78, 5) is 0. The largest absolute Gasteiger partial charge is 0.454 e. The van der Waals surface area contributed by atoms with E-state index >= 15 is 0 Å². The van der Waals surface area contributed by atoms with Crippen LogP contribution in [0.3, 0.4) is 0 Å². The van der Waals surface area contributed by atoms with Crippen molar-refractivity contribution in [1.29, 1.82) is 0 Å². The highest BCUT2D eigenvalue weighted by Crippen LogP contribution is 2.36. The standard InChI is InChI=1S/C15H17N3O3/c1-2-7-16-9-11-3-6-15(18-17-11)21-12-4-5-13-14(8-12)20-10-19-13/h3-6,8,16H,2,7,9-10H2,1H3. The highest BCUT2D eigenvalue weighted by molar-refractivity contribution is 5.47. The molecule has 0 amide bonds. The molecule has 0 spiro atoms. The summed E-state index contributed by atoms with van der Waals surface area (Å²) in [6.07, 6.45) is 1.10. The molecule has 0 unspecified atom stereocenters. The third kappa shape index (κ3) is 3.41. The van der Waals surface area contributed by atoms with Gasteiger partial charge in [0.15, 0.2) is 11.5 Å². The zero-order valence-corrected chi connectivity index (χ0v) is 11.8. The van der Waals surface area contributed by atoms with Crippen LogP contribution in [0.1, 0.15) is 19.0 Å². The monoisotopic (exact) mass is 287 g/mol. The number of rotatable bonds is 6. The maximum Gasteiger partial charge on any atom is 0.238 e. The van der Waals surface area contributed by atoms with Gasteiger partial charge in [-0.05, 0) is 31.2 Å². The van der Waals surface area contributed by atoms with Crippen molar-refractivity contribution in [1.82, 2.24) is 15.5 Å². The van der Waals surface area contributed by atoms with E-state index in [-0.39, 0.29) is 6.79 Å². The molecule has 2 heterocycles. The smallest absolute Gasteiger partial charge is 0.238 e. The Labute approximate surface area is 123 Å². The van der Waals surface area contributed by atoms with Crippen molar-refractivity contribution in [3.63, 3.8) is 0 Å². The van der Waals surface area contributed by atoms with Crippen molar-refractivity contribution >= 4 is 0 Å². The molecule has 0 saturated heterocycles. The van der Waals surface area contributed by atoms with Crippen LogP contribution in [0, 0.1) is 0 Å². The van der Waals surface area contributed by atoms with E-state index < -0.39 is 0 Å². The topological polar surface area (TPSA) is 65.5 Å². The van der Waals surface area contributed by atoms with E-state index in [4.69, 9.17) is 14.2 Å². The van der Waals surface area contributed by atoms with Gasteiger partial charge in [-0.1, -0.05) is 6.92 Å². The molecule has 110 valence electrons. The zero-order valence-electron chi connectivity index (χ0n) is 11.8. The second-order valence-electron chi connectivity index (χ2n) is 4.66. The first-order chi connectivity index (χ1) is 10.3. The number of aromatic nitrogens is 2. The van der Waals surface area contributed by atoms with Crippen LogP contribution in [0.5, 0.6) is 23.1 Å². The average Bonchev–Trinajstić information content (AvgIpc) is 2.97. The summed E-state index contributed by atoms with van der Waals surface area (Å²) < 4.78 is 16.2. The molecule has 0 fully saturated rings. The molecule has 6 nitrogen and oxygen atoms in total. The fourth-order valence-electron chi connectivity index (χ4n) is 1.95. The number of ether oxygens (including phenoxy) is 3. The second kappa shape index (κ2) is 6.41. The third-order valence-corrected chi connectivity index (χ3v) is 2.99. The van der Waals surface area contributed by atoms with E-state index in [1.54, 1.807) is 12.1 Å². The summed E-state index contributed by atoms with van der Waals surface area (Å²) in [5.41, 5.74) is 0.890. The third-order valence-electron chi connectivity index (χ3n) is 2.99. The summed E-state index contributed by atoms with van der Waals surface area (Å²) in [6.45, 7) is 4.06. The van der Waals surface area contributed by atoms with E-state index in [0.29, 0.717) is 23.9 Å². The normalized spacial score (nSPS) is 12.4. The lowest BCUT2D eigenvalue weighted by atomic mass is 10.3. The number of hydrogen-bond donors (Lipinski definition) is 1. The van der Waals surface area contributed by atoms with Crippen LogP contribution < -0.4 is 19.5 Å². The van der Waals surface area contributed by atoms with Crippen molar-refractivity contribution in [2.24, 2.45) is 0 Å². The maximum atomic E-state index is 5.65. The Balaban J connectivity index is 1.62. The van der Waals surface area contributed by atoms with Crippen molar-refractivity contribution in [2.45, 2.75) is 19.9 Å². The first-order valence-corrected chi connectivity index (χ1v) is 6.96. The van der Waals surface area contributed by atoms with Gasteiger partial charge in [0, 0.05) is 18.7 Å². The Morgan fingerprint density at radius 2 is 2.05 bits per heavy atom. The molecule has 3 rings (SSSR count). The molecule has 1 aromatic carbocycles. The summed E-state index contributed by atoms with van der Waals surface area (Å²) in [5, 5.41) is 11.5. The summed E-state index contributed by atoms with van der Waals surface area (Å²) in [7, 11) is 0. The molecule has 0 atom stereocenters. The van der Waals surface area contributed by atoms with Crippen molar-refractivity contribution in [3.05, 3.63) is 36.0 Å². The minimum Gasteiger partial charge on any atom is -0.454 e. The zero-order chi connectivity index (χ0) is 14.5. The van der Waals surface area contributed by atoms with E-state index in [1.807, 2.05) is 18.2 Å². The highest BCUT2D eigenvalue weighted by atomic mass is 16.7. The molecule has 1 aromatic heterocycles. The molecule has 1 aliphatic rings. The number of benzene rings is 1. The van der Waals surface area contributed by atoms with E-state index in [9.17, 15) is 0 Å². The Morgan fingerprint density at radius 3 is 2.86 bits per heavy atom. The number of fused-ring (bicyclic) bond motifs is 1. The van der Waals surface area contributed by atoms with Gasteiger partial charge in [-0.15, -0.1) is 5.10 Å². The van der Waals surface area contributed by atoms with Crippen molar-refractivity contribution < 1.29 is 14.2 Å². The predicted octanol–water partition coefficient (Wildman–Crippen LogP) is 2.50. The van der Waals surface area contributed by atoms with Crippen molar-refractivity contribution in [3.8, 4) is 23.1 Å². The maximum absolute atomic E-state index is 5.65. The van der Waals surface area contributed by atoms with Crippen LogP contribution in [0.4, 0.5) is 0 Å². The highest BCUT2D eigenvalue weighted by Gasteiger charge is 2.14. The van der Waals surface area contributed by atoms with E-state index in [1.165, 1.54) is 0 Å². The van der Waals surface area contributed by atoms with Crippen LogP contribution >= 0.6 is 0 Å². The van der Waals surface area contributed by atoms with Gasteiger partial charge in [0.25, 0.3) is 0 Å². The first-order valence-electron chi connectivity index (χ1n) is 6.96. The van der Waals surface area contributed by atoms with E-state index in [2.05, 4.69) is 22.4 Å². The van der Waals surface area contributed by atoms with Gasteiger partial charge in [0.1, 0.15) is 5.75 Å². The van der Waals surface area contributed by atoms with Crippen molar-refractivity contribution in [2.75, 3.05) is 13.3 Å². The van der Waals surface area contributed by atoms with Crippen LogP contribution in [0.25, 0.3) is 0 Å².